The lowest BCUT2D eigenvalue weighted by Gasteiger charge is -2.30. The second kappa shape index (κ2) is 4.76. The molecule has 18 heavy (non-hydrogen) atoms. The summed E-state index contributed by atoms with van der Waals surface area (Å²) in [6, 6.07) is 4.73. The minimum atomic E-state index is -0.399. The average molecular weight is 248 g/mol. The molecular weight excluding hydrogens is 232 g/mol. The number of nitro groups is 1. The van der Waals surface area contributed by atoms with E-state index in [1.807, 2.05) is 13.8 Å². The molecule has 0 unspecified atom stereocenters. The molecule has 0 fully saturated rings. The fourth-order valence-corrected chi connectivity index (χ4v) is 2.23. The van der Waals surface area contributed by atoms with Gasteiger partial charge in [0.2, 0.25) is 5.91 Å². The van der Waals surface area contributed by atoms with Crippen molar-refractivity contribution in [2.45, 2.75) is 26.7 Å². The van der Waals surface area contributed by atoms with Gasteiger partial charge in [-0.3, -0.25) is 14.9 Å². The Hall–Kier alpha value is -1.91. The lowest BCUT2D eigenvalue weighted by Crippen LogP contribution is -2.37. The van der Waals surface area contributed by atoms with Gasteiger partial charge in [0.15, 0.2) is 0 Å². The molecule has 1 aromatic carbocycles. The van der Waals surface area contributed by atoms with Crippen molar-refractivity contribution in [3.05, 3.63) is 33.9 Å². The molecule has 0 bridgehead atoms. The van der Waals surface area contributed by atoms with E-state index in [-0.39, 0.29) is 11.6 Å². The number of carbonyl (C=O) groups excluding carboxylic acids is 1. The number of aryl methyl sites for hydroxylation is 1. The van der Waals surface area contributed by atoms with Crippen LogP contribution in [0.4, 0.5) is 11.4 Å². The van der Waals surface area contributed by atoms with Crippen LogP contribution in [0, 0.1) is 16.0 Å². The van der Waals surface area contributed by atoms with Gasteiger partial charge in [-0.2, -0.15) is 0 Å². The summed E-state index contributed by atoms with van der Waals surface area (Å²) in [5, 5.41) is 10.7. The van der Waals surface area contributed by atoms with Crippen LogP contribution in [-0.4, -0.2) is 17.4 Å². The van der Waals surface area contributed by atoms with Crippen molar-refractivity contribution in [3.8, 4) is 0 Å². The number of non-ortho nitro benzene ring substituents is 1. The number of rotatable bonds is 3. The highest BCUT2D eigenvalue weighted by atomic mass is 16.6. The molecule has 0 aromatic heterocycles. The highest BCUT2D eigenvalue weighted by Gasteiger charge is 2.26. The van der Waals surface area contributed by atoms with Gasteiger partial charge in [0.05, 0.1) is 4.92 Å². The number of anilines is 1. The molecule has 0 radical (unpaired) electrons. The predicted octanol–water partition coefficient (Wildman–Crippen LogP) is 2.53. The maximum atomic E-state index is 11.9. The fraction of sp³-hybridized carbons (Fsp3) is 0.462. The summed E-state index contributed by atoms with van der Waals surface area (Å²) < 4.78 is 0. The molecule has 1 aliphatic rings. The largest absolute Gasteiger partial charge is 0.312 e. The number of amides is 1. The topological polar surface area (TPSA) is 63.5 Å². The second-order valence-electron chi connectivity index (χ2n) is 4.97. The van der Waals surface area contributed by atoms with Crippen molar-refractivity contribution in [2.75, 3.05) is 11.4 Å². The Morgan fingerprint density at radius 2 is 2.11 bits per heavy atom. The molecule has 0 atom stereocenters. The monoisotopic (exact) mass is 248 g/mol. The third-order valence-electron chi connectivity index (χ3n) is 3.02. The van der Waals surface area contributed by atoms with E-state index in [0.29, 0.717) is 25.3 Å². The smallest absolute Gasteiger partial charge is 0.269 e. The molecule has 0 saturated carbocycles. The molecule has 1 amide bonds. The van der Waals surface area contributed by atoms with Crippen LogP contribution in [0.2, 0.25) is 0 Å². The van der Waals surface area contributed by atoms with Gasteiger partial charge in [0.25, 0.3) is 5.69 Å². The van der Waals surface area contributed by atoms with Crippen LogP contribution >= 0.6 is 0 Å². The first-order valence-corrected chi connectivity index (χ1v) is 6.06. The van der Waals surface area contributed by atoms with Crippen molar-refractivity contribution >= 4 is 17.3 Å². The van der Waals surface area contributed by atoms with Gasteiger partial charge in [-0.05, 0) is 24.0 Å². The normalized spacial score (nSPS) is 14.8. The van der Waals surface area contributed by atoms with Crippen molar-refractivity contribution in [1.82, 2.24) is 0 Å². The van der Waals surface area contributed by atoms with Crippen LogP contribution < -0.4 is 4.90 Å². The van der Waals surface area contributed by atoms with Gasteiger partial charge >= 0.3 is 0 Å². The van der Waals surface area contributed by atoms with Crippen LogP contribution in [0.3, 0.4) is 0 Å². The molecule has 96 valence electrons. The fourth-order valence-electron chi connectivity index (χ4n) is 2.23. The number of nitro benzene ring substituents is 1. The van der Waals surface area contributed by atoms with Gasteiger partial charge in [0.1, 0.15) is 0 Å². The zero-order valence-electron chi connectivity index (χ0n) is 10.5. The number of benzene rings is 1. The van der Waals surface area contributed by atoms with Crippen molar-refractivity contribution in [2.24, 2.45) is 5.92 Å². The molecule has 1 aromatic rings. The van der Waals surface area contributed by atoms with Crippen molar-refractivity contribution in [3.63, 3.8) is 0 Å². The lowest BCUT2D eigenvalue weighted by atomic mass is 9.99. The summed E-state index contributed by atoms with van der Waals surface area (Å²) in [5.41, 5.74) is 1.81. The van der Waals surface area contributed by atoms with Gasteiger partial charge in [-0.15, -0.1) is 0 Å². The second-order valence-corrected chi connectivity index (χ2v) is 4.97. The van der Waals surface area contributed by atoms with E-state index in [4.69, 9.17) is 0 Å². The molecule has 1 heterocycles. The highest BCUT2D eigenvalue weighted by molar-refractivity contribution is 5.96. The Kier molecular flexibility index (Phi) is 3.32. The average Bonchev–Trinajstić information content (AvgIpc) is 2.31. The van der Waals surface area contributed by atoms with Crippen molar-refractivity contribution in [1.29, 1.82) is 0 Å². The quantitative estimate of drug-likeness (QED) is 0.610. The van der Waals surface area contributed by atoms with E-state index in [1.54, 1.807) is 17.0 Å². The molecule has 5 heteroatoms. The maximum Gasteiger partial charge on any atom is 0.269 e. The summed E-state index contributed by atoms with van der Waals surface area (Å²) in [4.78, 5) is 24.0. The number of carbonyl (C=O) groups is 1. The first-order chi connectivity index (χ1) is 8.49. The minimum Gasteiger partial charge on any atom is -0.312 e. The maximum absolute atomic E-state index is 11.9. The standard InChI is InChI=1S/C13H16N2O3/c1-9(2)8-14-12-5-4-11(15(17)18)7-10(12)3-6-13(14)16/h4-5,7,9H,3,6,8H2,1-2H3. The first-order valence-electron chi connectivity index (χ1n) is 6.06. The van der Waals surface area contributed by atoms with Crippen LogP contribution in [0.15, 0.2) is 18.2 Å². The van der Waals surface area contributed by atoms with E-state index in [1.165, 1.54) is 6.07 Å². The molecule has 0 spiro atoms. The number of fused-ring (bicyclic) bond motifs is 1. The summed E-state index contributed by atoms with van der Waals surface area (Å²) in [6.45, 7) is 4.75. The molecular formula is C13H16N2O3. The highest BCUT2D eigenvalue weighted by Crippen LogP contribution is 2.31. The zero-order valence-corrected chi connectivity index (χ0v) is 10.5. The molecule has 5 nitrogen and oxygen atoms in total. The number of nitrogens with zero attached hydrogens (tertiary/aromatic N) is 2. The van der Waals surface area contributed by atoms with Crippen LogP contribution in [-0.2, 0) is 11.2 Å². The van der Waals surface area contributed by atoms with Crippen molar-refractivity contribution < 1.29 is 9.72 Å². The Balaban J connectivity index is 2.38. The van der Waals surface area contributed by atoms with E-state index in [9.17, 15) is 14.9 Å². The van der Waals surface area contributed by atoms with Crippen LogP contribution in [0.25, 0.3) is 0 Å². The van der Waals surface area contributed by atoms with E-state index in [2.05, 4.69) is 0 Å². The Morgan fingerprint density at radius 3 is 2.72 bits per heavy atom. The van der Waals surface area contributed by atoms with E-state index in [0.717, 1.165) is 11.3 Å². The molecule has 0 N–H and O–H groups in total. The summed E-state index contributed by atoms with van der Waals surface area (Å²) in [6.07, 6.45) is 1.02. The Morgan fingerprint density at radius 1 is 1.39 bits per heavy atom. The zero-order chi connectivity index (χ0) is 13.3. The van der Waals surface area contributed by atoms with Gasteiger partial charge in [-0.1, -0.05) is 13.8 Å². The molecule has 0 aliphatic carbocycles. The van der Waals surface area contributed by atoms with Crippen LogP contribution in [0.5, 0.6) is 0 Å². The predicted molar refractivity (Wildman–Crippen MR) is 68.6 cm³/mol. The molecule has 2 rings (SSSR count). The van der Waals surface area contributed by atoms with E-state index < -0.39 is 4.92 Å². The Labute approximate surface area is 106 Å². The molecule has 0 saturated heterocycles. The minimum absolute atomic E-state index is 0.0904. The summed E-state index contributed by atoms with van der Waals surface area (Å²) >= 11 is 0. The lowest BCUT2D eigenvalue weighted by molar-refractivity contribution is -0.384. The summed E-state index contributed by atoms with van der Waals surface area (Å²) in [5.74, 6) is 0.472. The third-order valence-corrected chi connectivity index (χ3v) is 3.02. The first kappa shape index (κ1) is 12.5. The summed E-state index contributed by atoms with van der Waals surface area (Å²) in [7, 11) is 0. The SMILES string of the molecule is CC(C)CN1C(=O)CCc2cc([N+](=O)[O-])ccc21. The third kappa shape index (κ3) is 2.34. The Bertz CT molecular complexity index is 497. The van der Waals surface area contributed by atoms with Gasteiger partial charge in [0, 0.05) is 30.8 Å². The van der Waals surface area contributed by atoms with Gasteiger partial charge < -0.3 is 4.90 Å². The number of hydrogen-bond acceptors (Lipinski definition) is 3. The van der Waals surface area contributed by atoms with Gasteiger partial charge in [-0.25, -0.2) is 0 Å². The number of hydrogen-bond donors (Lipinski definition) is 0. The van der Waals surface area contributed by atoms with E-state index >= 15 is 0 Å². The molecule has 1 aliphatic heterocycles. The van der Waals surface area contributed by atoms with Crippen LogP contribution in [0.1, 0.15) is 25.8 Å².